The monoisotopic (exact) mass is 252 g/mol. The summed E-state index contributed by atoms with van der Waals surface area (Å²) in [5.74, 6) is 0.574. The van der Waals surface area contributed by atoms with Crippen LogP contribution < -0.4 is 5.73 Å². The summed E-state index contributed by atoms with van der Waals surface area (Å²) in [6.07, 6.45) is 10.3. The predicted octanol–water partition coefficient (Wildman–Crippen LogP) is 2.01. The van der Waals surface area contributed by atoms with E-state index in [1.165, 1.54) is 58.0 Å². The van der Waals surface area contributed by atoms with Crippen molar-refractivity contribution in [2.45, 2.75) is 51.0 Å². The highest BCUT2D eigenvalue weighted by Gasteiger charge is 2.36. The summed E-state index contributed by atoms with van der Waals surface area (Å²) in [6.45, 7) is 5.40. The Morgan fingerprint density at radius 2 is 1.72 bits per heavy atom. The Balaban J connectivity index is 1.47. The number of hydrogen-bond donors (Lipinski definition) is 1. The van der Waals surface area contributed by atoms with E-state index in [-0.39, 0.29) is 6.04 Å². The molecule has 2 aliphatic heterocycles. The minimum atomic E-state index is 0.274. The molecular formula is C15H28N2O. The van der Waals surface area contributed by atoms with Gasteiger partial charge in [-0.05, 0) is 44.2 Å². The van der Waals surface area contributed by atoms with E-state index in [2.05, 4.69) is 4.90 Å². The number of piperidine rings is 1. The van der Waals surface area contributed by atoms with Crippen molar-refractivity contribution < 1.29 is 4.74 Å². The molecule has 0 radical (unpaired) electrons. The van der Waals surface area contributed by atoms with Crippen LogP contribution in [-0.4, -0.2) is 43.8 Å². The molecule has 0 aromatic carbocycles. The molecule has 0 aromatic heterocycles. The van der Waals surface area contributed by atoms with Crippen LogP contribution >= 0.6 is 0 Å². The molecule has 1 aliphatic carbocycles. The Kier molecular flexibility index (Phi) is 3.92. The van der Waals surface area contributed by atoms with Crippen LogP contribution in [0.1, 0.15) is 44.9 Å². The van der Waals surface area contributed by atoms with Crippen molar-refractivity contribution in [2.75, 3.05) is 32.8 Å². The number of ether oxygens (including phenoxy) is 1. The molecule has 3 heteroatoms. The van der Waals surface area contributed by atoms with Gasteiger partial charge >= 0.3 is 0 Å². The standard InChI is InChI=1S/C15H28N2O/c16-14-12-18-11-13(14)10-17-8-6-15(7-9-17)4-2-1-3-5-15/h13-14H,1-12,16H2. The average Bonchev–Trinajstić information content (AvgIpc) is 2.79. The summed E-state index contributed by atoms with van der Waals surface area (Å²) in [5, 5.41) is 0. The highest BCUT2D eigenvalue weighted by molar-refractivity contribution is 4.90. The molecule has 2 atom stereocenters. The summed E-state index contributed by atoms with van der Waals surface area (Å²) < 4.78 is 5.47. The maximum atomic E-state index is 6.08. The number of likely N-dealkylation sites (tertiary alicyclic amines) is 1. The zero-order chi connectivity index (χ0) is 12.4. The Labute approximate surface area is 111 Å². The van der Waals surface area contributed by atoms with Gasteiger partial charge in [0, 0.05) is 18.5 Å². The van der Waals surface area contributed by atoms with Gasteiger partial charge < -0.3 is 15.4 Å². The lowest BCUT2D eigenvalue weighted by atomic mass is 9.68. The van der Waals surface area contributed by atoms with Crippen LogP contribution in [0.25, 0.3) is 0 Å². The number of nitrogens with zero attached hydrogens (tertiary/aromatic N) is 1. The van der Waals surface area contributed by atoms with Gasteiger partial charge in [0.05, 0.1) is 13.2 Å². The van der Waals surface area contributed by atoms with Gasteiger partial charge in [-0.1, -0.05) is 19.3 Å². The molecule has 104 valence electrons. The van der Waals surface area contributed by atoms with Gasteiger partial charge in [0.2, 0.25) is 0 Å². The van der Waals surface area contributed by atoms with E-state index < -0.39 is 0 Å². The Bertz CT molecular complexity index is 266. The minimum absolute atomic E-state index is 0.274. The van der Waals surface area contributed by atoms with Crippen LogP contribution in [0.3, 0.4) is 0 Å². The van der Waals surface area contributed by atoms with Gasteiger partial charge in [-0.25, -0.2) is 0 Å². The summed E-state index contributed by atoms with van der Waals surface area (Å²) in [4.78, 5) is 2.64. The van der Waals surface area contributed by atoms with Gasteiger partial charge in [0.1, 0.15) is 0 Å². The van der Waals surface area contributed by atoms with Crippen LogP contribution in [-0.2, 0) is 4.74 Å². The van der Waals surface area contributed by atoms with Crippen molar-refractivity contribution in [2.24, 2.45) is 17.1 Å². The van der Waals surface area contributed by atoms with Crippen LogP contribution in [0.2, 0.25) is 0 Å². The summed E-state index contributed by atoms with van der Waals surface area (Å²) in [6, 6.07) is 0.274. The highest BCUT2D eigenvalue weighted by Crippen LogP contribution is 2.44. The first-order chi connectivity index (χ1) is 8.77. The minimum Gasteiger partial charge on any atom is -0.379 e. The first kappa shape index (κ1) is 12.9. The topological polar surface area (TPSA) is 38.5 Å². The van der Waals surface area contributed by atoms with Crippen molar-refractivity contribution in [3.8, 4) is 0 Å². The Morgan fingerprint density at radius 3 is 2.33 bits per heavy atom. The fourth-order valence-corrected chi connectivity index (χ4v) is 4.15. The number of hydrogen-bond acceptors (Lipinski definition) is 3. The maximum absolute atomic E-state index is 6.08. The average molecular weight is 252 g/mol. The SMILES string of the molecule is NC1COCC1CN1CCC2(CCCCC2)CC1. The lowest BCUT2D eigenvalue weighted by Crippen LogP contribution is -2.45. The van der Waals surface area contributed by atoms with Crippen molar-refractivity contribution in [1.82, 2.24) is 4.90 Å². The zero-order valence-corrected chi connectivity index (χ0v) is 11.6. The Hall–Kier alpha value is -0.120. The van der Waals surface area contributed by atoms with E-state index in [9.17, 15) is 0 Å². The molecule has 1 saturated carbocycles. The molecule has 0 bridgehead atoms. The van der Waals surface area contributed by atoms with Crippen molar-refractivity contribution in [3.63, 3.8) is 0 Å². The summed E-state index contributed by atoms with van der Waals surface area (Å²) in [7, 11) is 0. The van der Waals surface area contributed by atoms with Gasteiger partial charge in [-0.15, -0.1) is 0 Å². The van der Waals surface area contributed by atoms with Crippen molar-refractivity contribution in [1.29, 1.82) is 0 Å². The normalized spacial score (nSPS) is 37.2. The zero-order valence-electron chi connectivity index (χ0n) is 11.6. The lowest BCUT2D eigenvalue weighted by Gasteiger charge is -2.45. The largest absolute Gasteiger partial charge is 0.379 e. The summed E-state index contributed by atoms with van der Waals surface area (Å²) >= 11 is 0. The fraction of sp³-hybridized carbons (Fsp3) is 1.00. The third kappa shape index (κ3) is 2.73. The molecule has 18 heavy (non-hydrogen) atoms. The van der Waals surface area contributed by atoms with E-state index in [1.807, 2.05) is 0 Å². The smallest absolute Gasteiger partial charge is 0.0621 e. The van der Waals surface area contributed by atoms with Crippen molar-refractivity contribution >= 4 is 0 Å². The third-order valence-electron chi connectivity index (χ3n) is 5.57. The molecule has 0 aromatic rings. The maximum Gasteiger partial charge on any atom is 0.0621 e. The highest BCUT2D eigenvalue weighted by atomic mass is 16.5. The van der Waals surface area contributed by atoms with Crippen molar-refractivity contribution in [3.05, 3.63) is 0 Å². The molecule has 1 spiro atoms. The molecule has 3 aliphatic rings. The second-order valence-electron chi connectivity index (χ2n) is 6.82. The number of rotatable bonds is 2. The molecule has 2 saturated heterocycles. The van der Waals surface area contributed by atoms with E-state index in [4.69, 9.17) is 10.5 Å². The quantitative estimate of drug-likeness (QED) is 0.817. The summed E-state index contributed by atoms with van der Waals surface area (Å²) in [5.41, 5.74) is 6.81. The molecule has 2 N–H and O–H groups in total. The van der Waals surface area contributed by atoms with E-state index in [0.29, 0.717) is 5.92 Å². The molecule has 3 fully saturated rings. The van der Waals surface area contributed by atoms with Gasteiger partial charge in [-0.3, -0.25) is 0 Å². The molecular weight excluding hydrogens is 224 g/mol. The Morgan fingerprint density at radius 1 is 1.00 bits per heavy atom. The molecule has 3 nitrogen and oxygen atoms in total. The van der Waals surface area contributed by atoms with Crippen LogP contribution in [0.15, 0.2) is 0 Å². The first-order valence-electron chi connectivity index (χ1n) is 7.83. The fourth-order valence-electron chi connectivity index (χ4n) is 4.15. The molecule has 2 unspecified atom stereocenters. The van der Waals surface area contributed by atoms with Crippen LogP contribution in [0.4, 0.5) is 0 Å². The van der Waals surface area contributed by atoms with Gasteiger partial charge in [0.15, 0.2) is 0 Å². The second kappa shape index (κ2) is 5.48. The van der Waals surface area contributed by atoms with E-state index in [1.54, 1.807) is 0 Å². The van der Waals surface area contributed by atoms with Crippen LogP contribution in [0.5, 0.6) is 0 Å². The van der Waals surface area contributed by atoms with Gasteiger partial charge in [0.25, 0.3) is 0 Å². The molecule has 2 heterocycles. The van der Waals surface area contributed by atoms with E-state index >= 15 is 0 Å². The van der Waals surface area contributed by atoms with E-state index in [0.717, 1.165) is 25.2 Å². The molecule has 3 rings (SSSR count). The van der Waals surface area contributed by atoms with Crippen LogP contribution in [0, 0.1) is 11.3 Å². The molecule has 0 amide bonds. The lowest BCUT2D eigenvalue weighted by molar-refractivity contribution is 0.0573. The third-order valence-corrected chi connectivity index (χ3v) is 5.57. The van der Waals surface area contributed by atoms with Gasteiger partial charge in [-0.2, -0.15) is 0 Å². The first-order valence-corrected chi connectivity index (χ1v) is 7.83. The second-order valence-corrected chi connectivity index (χ2v) is 6.82. The number of nitrogens with two attached hydrogens (primary N) is 1. The predicted molar refractivity (Wildman–Crippen MR) is 73.5 cm³/mol.